The molecular weight excluding hydrogens is 274 g/mol. The fourth-order valence-electron chi connectivity index (χ4n) is 2.22. The second-order valence-corrected chi connectivity index (χ2v) is 5.05. The summed E-state index contributed by atoms with van der Waals surface area (Å²) in [7, 11) is 3.53. The Hall–Kier alpha value is -1.65. The average molecular weight is 292 g/mol. The molecule has 1 aromatic carbocycles. The molecule has 2 aromatic rings. The Morgan fingerprint density at radius 3 is 2.60 bits per heavy atom. The third kappa shape index (κ3) is 2.92. The zero-order valence-electron chi connectivity index (χ0n) is 12.1. The number of hydrogen-bond acceptors (Lipinski definition) is 4. The summed E-state index contributed by atoms with van der Waals surface area (Å²) in [6.07, 6.45) is 0. The Morgan fingerprint density at radius 2 is 1.95 bits per heavy atom. The van der Waals surface area contributed by atoms with Gasteiger partial charge in [-0.3, -0.25) is 0 Å². The van der Waals surface area contributed by atoms with Crippen molar-refractivity contribution in [2.24, 2.45) is 0 Å². The van der Waals surface area contributed by atoms with Gasteiger partial charge in [0.25, 0.3) is 0 Å². The highest BCUT2D eigenvalue weighted by atomic mass is 35.5. The van der Waals surface area contributed by atoms with Gasteiger partial charge in [0.05, 0.1) is 29.6 Å². The molecule has 0 saturated carbocycles. The maximum absolute atomic E-state index is 6.08. The van der Waals surface area contributed by atoms with Crippen LogP contribution in [0, 0.1) is 13.8 Å². The van der Waals surface area contributed by atoms with Gasteiger partial charge in [0, 0.05) is 0 Å². The predicted octanol–water partition coefficient (Wildman–Crippen LogP) is 3.06. The van der Waals surface area contributed by atoms with Crippen LogP contribution in [0.1, 0.15) is 28.6 Å². The maximum atomic E-state index is 6.08. The number of hydrogen-bond donors (Lipinski definition) is 1. The summed E-state index contributed by atoms with van der Waals surface area (Å²) >= 11 is 6.08. The van der Waals surface area contributed by atoms with Crippen molar-refractivity contribution < 1.29 is 4.74 Å². The van der Waals surface area contributed by atoms with E-state index < -0.39 is 0 Å². The minimum atomic E-state index is 0.0235. The molecule has 1 atom stereocenters. The van der Waals surface area contributed by atoms with Crippen molar-refractivity contribution in [2.45, 2.75) is 19.9 Å². The van der Waals surface area contributed by atoms with Gasteiger partial charge in [-0.15, -0.1) is 0 Å². The summed E-state index contributed by atoms with van der Waals surface area (Å²) in [6, 6.07) is 7.84. The number of ether oxygens (including phenoxy) is 1. The molecule has 0 fully saturated rings. The zero-order valence-corrected chi connectivity index (χ0v) is 12.8. The van der Waals surface area contributed by atoms with Gasteiger partial charge >= 0.3 is 0 Å². The van der Waals surface area contributed by atoms with Crippen LogP contribution < -0.4 is 10.1 Å². The number of benzene rings is 1. The monoisotopic (exact) mass is 291 g/mol. The number of halogens is 1. The van der Waals surface area contributed by atoms with Crippen LogP contribution in [0.3, 0.4) is 0 Å². The second-order valence-electron chi connectivity index (χ2n) is 4.64. The Morgan fingerprint density at radius 1 is 1.20 bits per heavy atom. The first kappa shape index (κ1) is 14.8. The number of nitrogens with zero attached hydrogens (tertiary/aromatic N) is 2. The van der Waals surface area contributed by atoms with E-state index in [9.17, 15) is 0 Å². The molecule has 0 bridgehead atoms. The SMILES string of the molecule is CNC(c1ccc(Cl)c(OC)c1)c1cc(C)nnc1C. The van der Waals surface area contributed by atoms with Crippen LogP contribution >= 0.6 is 11.6 Å². The molecule has 0 radical (unpaired) electrons. The molecule has 0 aliphatic carbocycles. The van der Waals surface area contributed by atoms with Crippen molar-refractivity contribution in [3.63, 3.8) is 0 Å². The van der Waals surface area contributed by atoms with Crippen molar-refractivity contribution in [3.05, 3.63) is 51.8 Å². The van der Waals surface area contributed by atoms with Gasteiger partial charge in [-0.05, 0) is 50.2 Å². The molecular formula is C15H18ClN3O. The molecule has 5 heteroatoms. The number of methoxy groups -OCH3 is 1. The topological polar surface area (TPSA) is 47.0 Å². The number of aromatic nitrogens is 2. The first-order chi connectivity index (χ1) is 9.56. The molecule has 0 aliphatic rings. The van der Waals surface area contributed by atoms with E-state index in [2.05, 4.69) is 15.5 Å². The van der Waals surface area contributed by atoms with Crippen molar-refractivity contribution in [1.29, 1.82) is 0 Å². The number of rotatable bonds is 4. The molecule has 2 rings (SSSR count). The van der Waals surface area contributed by atoms with E-state index in [-0.39, 0.29) is 6.04 Å². The molecule has 0 saturated heterocycles. The fourth-order valence-corrected chi connectivity index (χ4v) is 2.41. The molecule has 0 amide bonds. The fraction of sp³-hybridized carbons (Fsp3) is 0.333. The molecule has 1 aromatic heterocycles. The van der Waals surface area contributed by atoms with Crippen molar-refractivity contribution in [1.82, 2.24) is 15.5 Å². The predicted molar refractivity (Wildman–Crippen MR) is 80.4 cm³/mol. The van der Waals surface area contributed by atoms with Crippen LogP contribution in [0.15, 0.2) is 24.3 Å². The van der Waals surface area contributed by atoms with Gasteiger partial charge in [0.1, 0.15) is 5.75 Å². The highest BCUT2D eigenvalue weighted by Crippen LogP contribution is 2.31. The summed E-state index contributed by atoms with van der Waals surface area (Å²) < 4.78 is 5.28. The van der Waals surface area contributed by atoms with Crippen LogP contribution in [-0.2, 0) is 0 Å². The Labute approximate surface area is 124 Å². The standard InChI is InChI=1S/C15H18ClN3O/c1-9-7-12(10(2)19-18-9)15(17-3)11-5-6-13(16)14(8-11)20-4/h5-8,15,17H,1-4H3. The summed E-state index contributed by atoms with van der Waals surface area (Å²) in [4.78, 5) is 0. The lowest BCUT2D eigenvalue weighted by Crippen LogP contribution is -2.19. The van der Waals surface area contributed by atoms with Crippen LogP contribution in [0.5, 0.6) is 5.75 Å². The first-order valence-electron chi connectivity index (χ1n) is 6.38. The van der Waals surface area contributed by atoms with E-state index in [0.717, 1.165) is 22.5 Å². The van der Waals surface area contributed by atoms with Gasteiger partial charge in [-0.1, -0.05) is 17.7 Å². The van der Waals surface area contributed by atoms with Crippen molar-refractivity contribution in [2.75, 3.05) is 14.2 Å². The number of nitrogens with one attached hydrogen (secondary N) is 1. The highest BCUT2D eigenvalue weighted by molar-refractivity contribution is 6.32. The lowest BCUT2D eigenvalue weighted by atomic mass is 9.97. The van der Waals surface area contributed by atoms with Crippen LogP contribution in [0.25, 0.3) is 0 Å². The van der Waals surface area contributed by atoms with Crippen LogP contribution in [-0.4, -0.2) is 24.4 Å². The molecule has 1 unspecified atom stereocenters. The molecule has 1 heterocycles. The van der Waals surface area contributed by atoms with E-state index in [1.807, 2.05) is 45.2 Å². The van der Waals surface area contributed by atoms with Gasteiger partial charge in [-0.25, -0.2) is 0 Å². The lowest BCUT2D eigenvalue weighted by Gasteiger charge is -2.20. The zero-order chi connectivity index (χ0) is 14.7. The van der Waals surface area contributed by atoms with Gasteiger partial charge in [0.2, 0.25) is 0 Å². The van der Waals surface area contributed by atoms with Gasteiger partial charge < -0.3 is 10.1 Å². The summed E-state index contributed by atoms with van der Waals surface area (Å²) in [5.74, 6) is 0.667. The molecule has 0 spiro atoms. The molecule has 106 valence electrons. The third-order valence-corrected chi connectivity index (χ3v) is 3.56. The Balaban J connectivity index is 2.49. The van der Waals surface area contributed by atoms with Gasteiger partial charge in [-0.2, -0.15) is 10.2 Å². The van der Waals surface area contributed by atoms with E-state index in [1.165, 1.54) is 0 Å². The second kappa shape index (κ2) is 6.20. The quantitative estimate of drug-likeness (QED) is 0.940. The van der Waals surface area contributed by atoms with E-state index in [1.54, 1.807) is 7.11 Å². The van der Waals surface area contributed by atoms with Gasteiger partial charge in [0.15, 0.2) is 0 Å². The largest absolute Gasteiger partial charge is 0.495 e. The van der Waals surface area contributed by atoms with E-state index >= 15 is 0 Å². The number of aryl methyl sites for hydroxylation is 2. The molecule has 20 heavy (non-hydrogen) atoms. The normalized spacial score (nSPS) is 12.2. The summed E-state index contributed by atoms with van der Waals surface area (Å²) in [5.41, 5.74) is 3.98. The highest BCUT2D eigenvalue weighted by Gasteiger charge is 2.17. The minimum Gasteiger partial charge on any atom is -0.495 e. The van der Waals surface area contributed by atoms with E-state index in [4.69, 9.17) is 16.3 Å². The summed E-state index contributed by atoms with van der Waals surface area (Å²) in [5, 5.41) is 12.2. The molecule has 0 aliphatic heterocycles. The minimum absolute atomic E-state index is 0.0235. The first-order valence-corrected chi connectivity index (χ1v) is 6.76. The molecule has 4 nitrogen and oxygen atoms in total. The Kier molecular flexibility index (Phi) is 4.57. The van der Waals surface area contributed by atoms with Crippen LogP contribution in [0.2, 0.25) is 5.02 Å². The molecule has 1 N–H and O–H groups in total. The van der Waals surface area contributed by atoms with Crippen LogP contribution in [0.4, 0.5) is 0 Å². The third-order valence-electron chi connectivity index (χ3n) is 3.25. The lowest BCUT2D eigenvalue weighted by molar-refractivity contribution is 0.414. The van der Waals surface area contributed by atoms with E-state index in [0.29, 0.717) is 10.8 Å². The van der Waals surface area contributed by atoms with Crippen molar-refractivity contribution >= 4 is 11.6 Å². The summed E-state index contributed by atoms with van der Waals surface area (Å²) in [6.45, 7) is 3.89. The maximum Gasteiger partial charge on any atom is 0.137 e. The van der Waals surface area contributed by atoms with Crippen molar-refractivity contribution in [3.8, 4) is 5.75 Å². The Bertz CT molecular complexity index is 616. The average Bonchev–Trinajstić information content (AvgIpc) is 2.45. The smallest absolute Gasteiger partial charge is 0.137 e.